The van der Waals surface area contributed by atoms with Crippen LogP contribution >= 0.6 is 0 Å². The first kappa shape index (κ1) is 16.5. The first-order valence-electron chi connectivity index (χ1n) is 8.08. The smallest absolute Gasteiger partial charge is 0.283 e. The van der Waals surface area contributed by atoms with Gasteiger partial charge in [0.1, 0.15) is 12.1 Å². The number of rotatable bonds is 0. The highest BCUT2D eigenvalue weighted by molar-refractivity contribution is 6.29. The molecule has 2 amide bonds. The number of carbonyl (C=O) groups is 2. The number of hydrogen-bond donors (Lipinski definition) is 1. The van der Waals surface area contributed by atoms with Crippen LogP contribution in [-0.4, -0.2) is 34.6 Å². The van der Waals surface area contributed by atoms with Gasteiger partial charge in [0, 0.05) is 16.8 Å². The van der Waals surface area contributed by atoms with Crippen molar-refractivity contribution in [3.05, 3.63) is 59.4 Å². The summed E-state index contributed by atoms with van der Waals surface area (Å²) in [6.45, 7) is -0.292. The van der Waals surface area contributed by atoms with E-state index in [1.807, 2.05) is 18.2 Å². The van der Waals surface area contributed by atoms with Crippen molar-refractivity contribution in [2.24, 2.45) is 9.98 Å². The highest BCUT2D eigenvalue weighted by Gasteiger charge is 2.07. The van der Waals surface area contributed by atoms with Crippen molar-refractivity contribution in [1.29, 1.82) is 0 Å². The second-order valence-corrected chi connectivity index (χ2v) is 5.64. The van der Waals surface area contributed by atoms with Gasteiger partial charge in [0.15, 0.2) is 12.4 Å². The number of aromatic nitrogens is 2. The minimum absolute atomic E-state index is 0.292. The molecule has 2 bridgehead atoms. The molecule has 8 heteroatoms. The molecule has 0 atom stereocenters. The fraction of sp³-hybridized carbons (Fsp3) is 0.0526. The summed E-state index contributed by atoms with van der Waals surface area (Å²) in [6.07, 6.45) is 3.86. The van der Waals surface area contributed by atoms with Crippen molar-refractivity contribution < 1.29 is 14.3 Å². The van der Waals surface area contributed by atoms with Crippen LogP contribution in [0.15, 0.2) is 58.8 Å². The van der Waals surface area contributed by atoms with E-state index in [9.17, 15) is 9.59 Å². The Labute approximate surface area is 153 Å². The maximum atomic E-state index is 11.8. The SMILES string of the molecule is O=C1COc2ccc3ncnc(c3c2)/N=c2/cccc/c2=C/NC(=O)/C=N\1. The van der Waals surface area contributed by atoms with Crippen LogP contribution in [0.4, 0.5) is 5.82 Å². The molecule has 0 radical (unpaired) electrons. The maximum absolute atomic E-state index is 11.8. The maximum Gasteiger partial charge on any atom is 0.283 e. The molecule has 0 unspecified atom stereocenters. The number of carbonyl (C=O) groups excluding carboxylic acids is 2. The van der Waals surface area contributed by atoms with Crippen molar-refractivity contribution in [2.75, 3.05) is 6.61 Å². The zero-order valence-corrected chi connectivity index (χ0v) is 14.0. The third-order valence-corrected chi connectivity index (χ3v) is 3.81. The lowest BCUT2D eigenvalue weighted by molar-refractivity contribution is -0.120. The Bertz CT molecular complexity index is 1200. The van der Waals surface area contributed by atoms with Gasteiger partial charge in [0.05, 0.1) is 17.1 Å². The van der Waals surface area contributed by atoms with E-state index in [1.54, 1.807) is 24.3 Å². The number of hydrogen-bond acceptors (Lipinski definition) is 6. The van der Waals surface area contributed by atoms with E-state index in [2.05, 4.69) is 25.3 Å². The van der Waals surface area contributed by atoms with Crippen LogP contribution in [0.2, 0.25) is 0 Å². The standard InChI is InChI=1S/C19H13N5O3/c25-17-9-21-18(26)10-27-13-5-6-16-14(7-13)19(23-11-22-16)24-15-4-2-1-3-12(15)8-20-17/h1-9,11H,10H2,(H,20,25)/b12-8-,21-9-,24-15-. The third kappa shape index (κ3) is 3.69. The van der Waals surface area contributed by atoms with Crippen LogP contribution in [-0.2, 0) is 9.59 Å². The summed E-state index contributed by atoms with van der Waals surface area (Å²) in [4.78, 5) is 40.3. The van der Waals surface area contributed by atoms with Gasteiger partial charge in [0.2, 0.25) is 0 Å². The minimum atomic E-state index is -0.574. The van der Waals surface area contributed by atoms with Crippen molar-refractivity contribution in [1.82, 2.24) is 15.3 Å². The van der Waals surface area contributed by atoms with Gasteiger partial charge < -0.3 is 10.1 Å². The molecule has 8 nitrogen and oxygen atoms in total. The molecule has 1 aliphatic heterocycles. The summed E-state index contributed by atoms with van der Waals surface area (Å²) in [5.41, 5.74) is 0.694. The van der Waals surface area contributed by atoms with Crippen molar-refractivity contribution in [2.45, 2.75) is 0 Å². The number of ether oxygens (including phenoxy) is 1. The summed E-state index contributed by atoms with van der Waals surface area (Å²) in [7, 11) is 0. The van der Waals surface area contributed by atoms with Gasteiger partial charge in [-0.05, 0) is 24.3 Å². The molecule has 27 heavy (non-hydrogen) atoms. The molecule has 0 fully saturated rings. The molecule has 132 valence electrons. The summed E-state index contributed by atoms with van der Waals surface area (Å²) in [5, 5.41) is 4.54. The first-order chi connectivity index (χ1) is 13.2. The highest BCUT2D eigenvalue weighted by Crippen LogP contribution is 2.25. The Kier molecular flexibility index (Phi) is 4.36. The molecule has 0 saturated heterocycles. The molecule has 3 aromatic rings. The summed E-state index contributed by atoms with van der Waals surface area (Å²) in [6, 6.07) is 12.5. The van der Waals surface area contributed by atoms with E-state index < -0.39 is 11.8 Å². The second kappa shape index (κ2) is 7.12. The monoisotopic (exact) mass is 359 g/mol. The number of aliphatic imine (C=N–C) groups is 1. The molecule has 2 heterocycles. The van der Waals surface area contributed by atoms with E-state index in [0.29, 0.717) is 33.0 Å². The largest absolute Gasteiger partial charge is 0.484 e. The van der Waals surface area contributed by atoms with Crippen LogP contribution < -0.4 is 20.6 Å². The quantitative estimate of drug-likeness (QED) is 0.626. The topological polar surface area (TPSA) is 106 Å². The Morgan fingerprint density at radius 2 is 1.93 bits per heavy atom. The van der Waals surface area contributed by atoms with Crippen LogP contribution in [0.3, 0.4) is 0 Å². The Morgan fingerprint density at radius 1 is 1.04 bits per heavy atom. The summed E-state index contributed by atoms with van der Waals surface area (Å²) < 4.78 is 5.46. The number of nitrogens with zero attached hydrogens (tertiary/aromatic N) is 4. The van der Waals surface area contributed by atoms with Gasteiger partial charge in [-0.3, -0.25) is 9.59 Å². The zero-order chi connectivity index (χ0) is 18.6. The Morgan fingerprint density at radius 3 is 2.85 bits per heavy atom. The lowest BCUT2D eigenvalue weighted by Gasteiger charge is -2.06. The molecule has 1 aromatic heterocycles. The number of para-hydroxylation sites is 1. The van der Waals surface area contributed by atoms with E-state index in [1.165, 1.54) is 12.5 Å². The van der Waals surface area contributed by atoms with Crippen molar-refractivity contribution in [3.63, 3.8) is 0 Å². The molecular formula is C19H13N5O3. The molecule has 1 aliphatic rings. The van der Waals surface area contributed by atoms with E-state index >= 15 is 0 Å². The van der Waals surface area contributed by atoms with Crippen molar-refractivity contribution >= 4 is 40.9 Å². The fourth-order valence-electron chi connectivity index (χ4n) is 2.53. The lowest BCUT2D eigenvalue weighted by atomic mass is 10.2. The normalized spacial score (nSPS) is 17.9. The lowest BCUT2D eigenvalue weighted by Crippen LogP contribution is -2.29. The van der Waals surface area contributed by atoms with Crippen LogP contribution in [0.5, 0.6) is 5.75 Å². The number of amides is 2. The highest BCUT2D eigenvalue weighted by atomic mass is 16.5. The van der Waals surface area contributed by atoms with Gasteiger partial charge in [-0.15, -0.1) is 0 Å². The van der Waals surface area contributed by atoms with Gasteiger partial charge in [-0.1, -0.05) is 18.2 Å². The van der Waals surface area contributed by atoms with Gasteiger partial charge in [-0.25, -0.2) is 20.0 Å². The summed E-state index contributed by atoms with van der Waals surface area (Å²) in [5.74, 6) is -0.195. The fourth-order valence-corrected chi connectivity index (χ4v) is 2.53. The Hall–Kier alpha value is -3.94. The van der Waals surface area contributed by atoms with Crippen LogP contribution in [0.25, 0.3) is 17.1 Å². The number of nitrogens with one attached hydrogen (secondary N) is 1. The predicted octanol–water partition coefficient (Wildman–Crippen LogP) is 0.425. The second-order valence-electron chi connectivity index (χ2n) is 5.64. The third-order valence-electron chi connectivity index (χ3n) is 3.81. The van der Waals surface area contributed by atoms with Gasteiger partial charge in [0.25, 0.3) is 11.8 Å². The molecule has 0 aliphatic carbocycles. The molecule has 4 rings (SSSR count). The molecule has 1 N–H and O–H groups in total. The molecule has 0 saturated carbocycles. The number of fused-ring (bicyclic) bond motifs is 2. The van der Waals surface area contributed by atoms with E-state index in [4.69, 9.17) is 4.74 Å². The predicted molar refractivity (Wildman–Crippen MR) is 98.0 cm³/mol. The zero-order valence-electron chi connectivity index (χ0n) is 14.0. The first-order valence-corrected chi connectivity index (χ1v) is 8.08. The summed E-state index contributed by atoms with van der Waals surface area (Å²) >= 11 is 0. The van der Waals surface area contributed by atoms with Crippen molar-refractivity contribution in [3.8, 4) is 5.75 Å². The van der Waals surface area contributed by atoms with Gasteiger partial charge in [-0.2, -0.15) is 0 Å². The Balaban J connectivity index is 1.96. The average molecular weight is 359 g/mol. The minimum Gasteiger partial charge on any atom is -0.484 e. The molecule has 0 spiro atoms. The molecule has 2 aromatic carbocycles. The number of benzene rings is 2. The van der Waals surface area contributed by atoms with E-state index in [0.717, 1.165) is 6.21 Å². The van der Waals surface area contributed by atoms with Crippen LogP contribution in [0.1, 0.15) is 0 Å². The van der Waals surface area contributed by atoms with E-state index in [-0.39, 0.29) is 6.61 Å². The van der Waals surface area contributed by atoms with Gasteiger partial charge >= 0.3 is 0 Å². The van der Waals surface area contributed by atoms with Crippen LogP contribution in [0, 0.1) is 0 Å². The molecular weight excluding hydrogens is 346 g/mol. The average Bonchev–Trinajstić information content (AvgIpc) is 2.70.